The first kappa shape index (κ1) is 22.4. The highest BCUT2D eigenvalue weighted by Crippen LogP contribution is 2.55. The second-order valence-electron chi connectivity index (χ2n) is 9.20. The number of halogens is 2. The minimum Gasteiger partial charge on any atom is -0.588 e. The van der Waals surface area contributed by atoms with E-state index >= 15 is 0 Å². The summed E-state index contributed by atoms with van der Waals surface area (Å²) in [6.45, 7) is 1.85. The van der Waals surface area contributed by atoms with E-state index in [-0.39, 0.29) is 16.9 Å². The number of carbonyl (C=O) groups is 1. The molecular weight excluding hydrogens is 448 g/mol. The van der Waals surface area contributed by atoms with Gasteiger partial charge in [-0.1, -0.05) is 6.42 Å². The van der Waals surface area contributed by atoms with Gasteiger partial charge in [-0.15, -0.1) is 0 Å². The van der Waals surface area contributed by atoms with Crippen molar-refractivity contribution in [3.05, 3.63) is 47.5 Å². The van der Waals surface area contributed by atoms with E-state index in [1.165, 1.54) is 10.4 Å². The van der Waals surface area contributed by atoms with Crippen molar-refractivity contribution in [3.8, 4) is 5.75 Å². The number of nitrogens with zero attached hydrogens (tertiary/aromatic N) is 2. The van der Waals surface area contributed by atoms with E-state index in [1.807, 2.05) is 6.07 Å². The summed E-state index contributed by atoms with van der Waals surface area (Å²) >= 11 is -1.91. The van der Waals surface area contributed by atoms with Gasteiger partial charge in [-0.05, 0) is 50.4 Å². The molecule has 0 radical (unpaired) electrons. The molecule has 1 amide bonds. The molecule has 2 aromatic rings. The summed E-state index contributed by atoms with van der Waals surface area (Å²) in [4.78, 5) is 15.0. The topological polar surface area (TPSA) is 67.9 Å². The van der Waals surface area contributed by atoms with Gasteiger partial charge in [0.25, 0.3) is 0 Å². The Balaban J connectivity index is 1.51. The van der Waals surface area contributed by atoms with Crippen molar-refractivity contribution in [1.82, 2.24) is 4.90 Å². The molecular formula is C24H27F2N3O3S. The predicted molar refractivity (Wildman–Crippen MR) is 123 cm³/mol. The van der Waals surface area contributed by atoms with Crippen LogP contribution in [0.2, 0.25) is 0 Å². The third-order valence-electron chi connectivity index (χ3n) is 7.14. The molecule has 1 atom stereocenters. The fraction of sp³-hybridized carbons (Fsp3) is 0.458. The second kappa shape index (κ2) is 8.45. The van der Waals surface area contributed by atoms with Crippen LogP contribution in [0.25, 0.3) is 0 Å². The summed E-state index contributed by atoms with van der Waals surface area (Å²) in [7, 11) is 3.67. The number of carbonyl (C=O) groups excluding carboxylic acids is 1. The number of benzene rings is 2. The molecule has 1 N–H and O–H groups in total. The maximum absolute atomic E-state index is 14.3. The molecule has 3 aliphatic rings. The van der Waals surface area contributed by atoms with E-state index in [2.05, 4.69) is 17.3 Å². The fourth-order valence-electron chi connectivity index (χ4n) is 4.91. The highest BCUT2D eigenvalue weighted by molar-refractivity contribution is 7.92. The molecule has 1 saturated heterocycles. The van der Waals surface area contributed by atoms with Gasteiger partial charge < -0.3 is 19.5 Å². The molecule has 2 fully saturated rings. The number of piperidine rings is 1. The van der Waals surface area contributed by atoms with E-state index in [0.29, 0.717) is 17.1 Å². The molecule has 1 unspecified atom stereocenters. The zero-order valence-corrected chi connectivity index (χ0v) is 19.5. The second-order valence-corrected chi connectivity index (χ2v) is 10.7. The van der Waals surface area contributed by atoms with Crippen LogP contribution in [0.1, 0.15) is 37.7 Å². The summed E-state index contributed by atoms with van der Waals surface area (Å²) < 4.78 is 48.6. The van der Waals surface area contributed by atoms with Crippen LogP contribution in [0.15, 0.2) is 35.2 Å². The number of fused-ring (bicyclic) bond motifs is 2. The summed E-state index contributed by atoms with van der Waals surface area (Å²) in [5, 5.41) is 3.03. The SMILES string of the molecule is CN1CCC(Oc2cc(N(C)[S+]([O-])c3ccc(F)cc3F)cc3c2NC(=O)C32CCC2)CC1. The number of amides is 1. The normalized spacial score (nSPS) is 20.8. The van der Waals surface area contributed by atoms with Crippen LogP contribution in [-0.4, -0.2) is 48.6 Å². The van der Waals surface area contributed by atoms with E-state index in [1.54, 1.807) is 13.1 Å². The van der Waals surface area contributed by atoms with Gasteiger partial charge in [0.2, 0.25) is 10.8 Å². The van der Waals surface area contributed by atoms with Gasteiger partial charge in [-0.3, -0.25) is 4.79 Å². The highest BCUT2D eigenvalue weighted by atomic mass is 32.2. The molecule has 33 heavy (non-hydrogen) atoms. The van der Waals surface area contributed by atoms with Crippen LogP contribution < -0.4 is 14.4 Å². The number of anilines is 2. The first-order valence-electron chi connectivity index (χ1n) is 11.2. The Bertz CT molecular complexity index is 1090. The Labute approximate surface area is 195 Å². The summed E-state index contributed by atoms with van der Waals surface area (Å²) in [5.41, 5.74) is 1.51. The van der Waals surface area contributed by atoms with Crippen molar-refractivity contribution in [3.63, 3.8) is 0 Å². The van der Waals surface area contributed by atoms with Gasteiger partial charge >= 0.3 is 0 Å². The average Bonchev–Trinajstić information content (AvgIpc) is 3.06. The largest absolute Gasteiger partial charge is 0.588 e. The van der Waals surface area contributed by atoms with Gasteiger partial charge in [0.15, 0.2) is 5.82 Å². The lowest BCUT2D eigenvalue weighted by molar-refractivity contribution is -0.123. The smallest absolute Gasteiger partial charge is 0.235 e. The Kier molecular flexibility index (Phi) is 5.74. The minimum atomic E-state index is -1.91. The predicted octanol–water partition coefficient (Wildman–Crippen LogP) is 3.97. The van der Waals surface area contributed by atoms with Crippen molar-refractivity contribution in [1.29, 1.82) is 0 Å². The first-order valence-corrected chi connectivity index (χ1v) is 12.3. The number of hydrogen-bond acceptors (Lipinski definition) is 5. The third kappa shape index (κ3) is 3.86. The third-order valence-corrected chi connectivity index (χ3v) is 8.55. The molecule has 1 spiro atoms. The molecule has 5 rings (SSSR count). The zero-order valence-electron chi connectivity index (χ0n) is 18.7. The zero-order chi connectivity index (χ0) is 23.3. The summed E-state index contributed by atoms with van der Waals surface area (Å²) in [6.07, 6.45) is 4.23. The highest BCUT2D eigenvalue weighted by Gasteiger charge is 2.52. The molecule has 0 aromatic heterocycles. The Morgan fingerprint density at radius 3 is 2.58 bits per heavy atom. The van der Waals surface area contributed by atoms with Crippen molar-refractivity contribution in [2.75, 3.05) is 36.8 Å². The van der Waals surface area contributed by atoms with Crippen LogP contribution >= 0.6 is 0 Å². The Morgan fingerprint density at radius 1 is 1.21 bits per heavy atom. The van der Waals surface area contributed by atoms with Gasteiger partial charge in [-0.2, -0.15) is 4.31 Å². The quantitative estimate of drug-likeness (QED) is 0.663. The molecule has 2 aromatic carbocycles. The number of ether oxygens (including phenoxy) is 1. The van der Waals surface area contributed by atoms with Crippen molar-refractivity contribution in [2.45, 2.75) is 48.5 Å². The van der Waals surface area contributed by atoms with Crippen LogP contribution in [0, 0.1) is 11.6 Å². The van der Waals surface area contributed by atoms with Crippen LogP contribution in [0.4, 0.5) is 20.2 Å². The van der Waals surface area contributed by atoms with E-state index < -0.39 is 28.4 Å². The molecule has 9 heteroatoms. The van der Waals surface area contributed by atoms with Gasteiger partial charge in [0.1, 0.15) is 29.0 Å². The standard InChI is InChI=1S/C24H27F2N3O3S/c1-28-10-6-17(7-11-28)32-20-14-16(13-18-22(20)27-23(30)24(18)8-3-9-24)29(2)33(31)21-5-4-15(25)12-19(21)26/h4-5,12-14,17H,3,6-11H2,1-2H3,(H,27,30). The Hall–Kier alpha value is -2.36. The molecule has 2 aliphatic heterocycles. The fourth-order valence-corrected chi connectivity index (χ4v) is 5.91. The first-order chi connectivity index (χ1) is 15.8. The number of likely N-dealkylation sites (tertiary alicyclic amines) is 1. The van der Waals surface area contributed by atoms with Crippen molar-refractivity contribution < 1.29 is 22.9 Å². The minimum absolute atomic E-state index is 0.0146. The molecule has 2 heterocycles. The van der Waals surface area contributed by atoms with Gasteiger partial charge in [-0.25, -0.2) is 8.78 Å². The monoisotopic (exact) mass is 475 g/mol. The van der Waals surface area contributed by atoms with Gasteiger partial charge in [0.05, 0.1) is 23.8 Å². The van der Waals surface area contributed by atoms with E-state index in [9.17, 15) is 18.1 Å². The summed E-state index contributed by atoms with van der Waals surface area (Å²) in [6, 6.07) is 6.62. The van der Waals surface area contributed by atoms with E-state index in [4.69, 9.17) is 4.74 Å². The average molecular weight is 476 g/mol. The van der Waals surface area contributed by atoms with Crippen molar-refractivity contribution in [2.24, 2.45) is 0 Å². The van der Waals surface area contributed by atoms with Gasteiger partial charge in [0, 0.05) is 31.3 Å². The summed E-state index contributed by atoms with van der Waals surface area (Å²) in [5.74, 6) is -1.06. The van der Waals surface area contributed by atoms with Crippen LogP contribution in [0.5, 0.6) is 5.75 Å². The van der Waals surface area contributed by atoms with Crippen LogP contribution in [-0.2, 0) is 21.6 Å². The number of hydrogen-bond donors (Lipinski definition) is 1. The molecule has 0 bridgehead atoms. The lowest BCUT2D eigenvalue weighted by Crippen LogP contribution is -2.41. The maximum atomic E-state index is 14.3. The molecule has 6 nitrogen and oxygen atoms in total. The number of rotatable bonds is 5. The lowest BCUT2D eigenvalue weighted by atomic mass is 9.65. The molecule has 176 valence electrons. The van der Waals surface area contributed by atoms with Crippen molar-refractivity contribution >= 4 is 28.6 Å². The maximum Gasteiger partial charge on any atom is 0.235 e. The lowest BCUT2D eigenvalue weighted by Gasteiger charge is -2.36. The molecule has 1 aliphatic carbocycles. The Morgan fingerprint density at radius 2 is 1.94 bits per heavy atom. The van der Waals surface area contributed by atoms with E-state index in [0.717, 1.165) is 62.9 Å². The number of nitrogens with one attached hydrogen (secondary N) is 1. The molecule has 1 saturated carbocycles. The van der Waals surface area contributed by atoms with Crippen LogP contribution in [0.3, 0.4) is 0 Å².